The molecule has 1 aliphatic rings. The second-order valence-electron chi connectivity index (χ2n) is 5.35. The fourth-order valence-corrected chi connectivity index (χ4v) is 2.66. The molecule has 0 atom stereocenters. The van der Waals surface area contributed by atoms with Crippen molar-refractivity contribution in [2.45, 2.75) is 39.2 Å². The Morgan fingerprint density at radius 3 is 2.71 bits per heavy atom. The van der Waals surface area contributed by atoms with Crippen LogP contribution in [0.5, 0.6) is 5.75 Å². The summed E-state index contributed by atoms with van der Waals surface area (Å²) in [6.45, 7) is 3.34. The van der Waals surface area contributed by atoms with Gasteiger partial charge in [-0.05, 0) is 55.9 Å². The molecule has 0 bridgehead atoms. The zero-order chi connectivity index (χ0) is 14.5. The molecule has 1 N–H and O–H groups in total. The molecule has 1 aromatic carbocycles. The number of aromatic nitrogens is 2. The summed E-state index contributed by atoms with van der Waals surface area (Å²) in [5.74, 6) is 1.73. The van der Waals surface area contributed by atoms with Gasteiger partial charge in [0, 0.05) is 6.54 Å². The highest BCUT2D eigenvalue weighted by Gasteiger charge is 2.10. The molecule has 0 spiro atoms. The van der Waals surface area contributed by atoms with Crippen LogP contribution in [0.4, 0.5) is 5.82 Å². The summed E-state index contributed by atoms with van der Waals surface area (Å²) in [7, 11) is 0. The second-order valence-corrected chi connectivity index (χ2v) is 5.35. The lowest BCUT2D eigenvalue weighted by Crippen LogP contribution is -2.05. The highest BCUT2D eigenvalue weighted by Crippen LogP contribution is 2.25. The number of aryl methyl sites for hydroxylation is 2. The number of hydrogen-bond acceptors (Lipinski definition) is 4. The van der Waals surface area contributed by atoms with E-state index in [1.807, 2.05) is 6.92 Å². The molecule has 110 valence electrons. The van der Waals surface area contributed by atoms with Gasteiger partial charge in [-0.15, -0.1) is 0 Å². The normalized spacial score (nSPS) is 13.6. The Balaban J connectivity index is 1.61. The van der Waals surface area contributed by atoms with Crippen LogP contribution < -0.4 is 10.1 Å². The lowest BCUT2D eigenvalue weighted by atomic mass is 9.92. The maximum absolute atomic E-state index is 5.84. The van der Waals surface area contributed by atoms with Crippen molar-refractivity contribution in [1.82, 2.24) is 9.97 Å². The molecule has 4 heteroatoms. The number of rotatable bonds is 5. The summed E-state index contributed by atoms with van der Waals surface area (Å²) in [6.07, 6.45) is 8.47. The molecule has 1 aliphatic carbocycles. The first-order valence-corrected chi connectivity index (χ1v) is 7.64. The first-order valence-electron chi connectivity index (χ1n) is 7.64. The first kappa shape index (κ1) is 13.9. The number of fused-ring (bicyclic) bond motifs is 1. The highest BCUT2D eigenvalue weighted by atomic mass is 16.5. The summed E-state index contributed by atoms with van der Waals surface area (Å²) in [5, 5.41) is 3.13. The van der Waals surface area contributed by atoms with Gasteiger partial charge in [0.05, 0.1) is 18.1 Å². The van der Waals surface area contributed by atoms with Crippen molar-refractivity contribution in [3.63, 3.8) is 0 Å². The van der Waals surface area contributed by atoms with Gasteiger partial charge < -0.3 is 10.1 Å². The van der Waals surface area contributed by atoms with Gasteiger partial charge in [-0.2, -0.15) is 0 Å². The average molecular weight is 283 g/mol. The number of anilines is 1. The quantitative estimate of drug-likeness (QED) is 0.914. The fourth-order valence-electron chi connectivity index (χ4n) is 2.66. The third-order valence-electron chi connectivity index (χ3n) is 3.77. The zero-order valence-corrected chi connectivity index (χ0v) is 12.4. The molecule has 21 heavy (non-hydrogen) atoms. The van der Waals surface area contributed by atoms with Gasteiger partial charge in [0.2, 0.25) is 0 Å². The summed E-state index contributed by atoms with van der Waals surface area (Å²) >= 11 is 0. The maximum atomic E-state index is 5.84. The van der Waals surface area contributed by atoms with E-state index in [4.69, 9.17) is 4.74 Å². The summed E-state index contributed by atoms with van der Waals surface area (Å²) in [6, 6.07) is 6.43. The average Bonchev–Trinajstić information content (AvgIpc) is 2.54. The van der Waals surface area contributed by atoms with E-state index < -0.39 is 0 Å². The molecule has 0 aliphatic heterocycles. The van der Waals surface area contributed by atoms with E-state index in [1.165, 1.54) is 36.8 Å². The molecule has 4 nitrogen and oxygen atoms in total. The number of benzene rings is 1. The Morgan fingerprint density at radius 1 is 1.10 bits per heavy atom. The van der Waals surface area contributed by atoms with E-state index in [0.29, 0.717) is 6.61 Å². The van der Waals surface area contributed by atoms with Crippen LogP contribution in [0.3, 0.4) is 0 Å². The van der Waals surface area contributed by atoms with Gasteiger partial charge in [0.15, 0.2) is 0 Å². The van der Waals surface area contributed by atoms with Gasteiger partial charge in [-0.1, -0.05) is 6.07 Å². The summed E-state index contributed by atoms with van der Waals surface area (Å²) in [5.41, 5.74) is 3.75. The third-order valence-corrected chi connectivity index (χ3v) is 3.77. The van der Waals surface area contributed by atoms with Crippen LogP contribution in [0.25, 0.3) is 0 Å². The minimum atomic E-state index is 0.457. The van der Waals surface area contributed by atoms with Crippen LogP contribution in [0.2, 0.25) is 0 Å². The first-order chi connectivity index (χ1) is 10.3. The van der Waals surface area contributed by atoms with Crippen LogP contribution in [-0.4, -0.2) is 16.5 Å². The van der Waals surface area contributed by atoms with E-state index in [0.717, 1.165) is 23.8 Å². The Hall–Kier alpha value is -2.10. The molecule has 0 unspecified atom stereocenters. The van der Waals surface area contributed by atoms with Crippen molar-refractivity contribution >= 4 is 5.82 Å². The minimum Gasteiger partial charge on any atom is -0.487 e. The van der Waals surface area contributed by atoms with Crippen molar-refractivity contribution in [2.75, 3.05) is 11.9 Å². The zero-order valence-electron chi connectivity index (χ0n) is 12.4. The number of nitrogens with one attached hydrogen (secondary N) is 1. The fraction of sp³-hybridized carbons (Fsp3) is 0.412. The van der Waals surface area contributed by atoms with Crippen LogP contribution in [0.15, 0.2) is 30.6 Å². The summed E-state index contributed by atoms with van der Waals surface area (Å²) in [4.78, 5) is 8.65. The lowest BCUT2D eigenvalue weighted by Gasteiger charge is -2.16. The lowest BCUT2D eigenvalue weighted by molar-refractivity contribution is 0.300. The maximum Gasteiger partial charge on any atom is 0.144 e. The van der Waals surface area contributed by atoms with Crippen LogP contribution in [0.1, 0.15) is 36.6 Å². The topological polar surface area (TPSA) is 47.0 Å². The van der Waals surface area contributed by atoms with Gasteiger partial charge in [-0.3, -0.25) is 4.98 Å². The molecule has 0 saturated carbocycles. The van der Waals surface area contributed by atoms with Gasteiger partial charge in [-0.25, -0.2) is 4.98 Å². The Bertz CT molecular complexity index is 595. The van der Waals surface area contributed by atoms with Gasteiger partial charge in [0.25, 0.3) is 0 Å². The van der Waals surface area contributed by atoms with Crippen LogP contribution in [0, 0.1) is 0 Å². The summed E-state index contributed by atoms with van der Waals surface area (Å²) < 4.78 is 5.84. The SMILES string of the molecule is CCNc1cnc(COc2ccc3c(c2)CCCC3)cn1. The smallest absolute Gasteiger partial charge is 0.144 e. The third kappa shape index (κ3) is 3.51. The predicted molar refractivity (Wildman–Crippen MR) is 83.6 cm³/mol. The molecular formula is C17H21N3O. The van der Waals surface area contributed by atoms with E-state index in [1.54, 1.807) is 12.4 Å². The Labute approximate surface area is 125 Å². The van der Waals surface area contributed by atoms with Crippen molar-refractivity contribution in [3.8, 4) is 5.75 Å². The molecule has 0 fully saturated rings. The molecular weight excluding hydrogens is 262 g/mol. The molecule has 0 radical (unpaired) electrons. The Kier molecular flexibility index (Phi) is 4.34. The number of hydrogen-bond donors (Lipinski definition) is 1. The largest absolute Gasteiger partial charge is 0.487 e. The van der Waals surface area contributed by atoms with E-state index >= 15 is 0 Å². The molecule has 1 heterocycles. The van der Waals surface area contributed by atoms with E-state index in [-0.39, 0.29) is 0 Å². The Morgan fingerprint density at radius 2 is 1.95 bits per heavy atom. The predicted octanol–water partition coefficient (Wildman–Crippen LogP) is 3.37. The number of ether oxygens (including phenoxy) is 1. The van der Waals surface area contributed by atoms with Crippen LogP contribution >= 0.6 is 0 Å². The standard InChI is InChI=1S/C17H21N3O/c1-2-18-17-11-19-15(10-20-17)12-21-16-8-7-13-5-3-4-6-14(13)9-16/h7-11H,2-6,12H2,1H3,(H,18,20). The van der Waals surface area contributed by atoms with Crippen LogP contribution in [-0.2, 0) is 19.4 Å². The van der Waals surface area contributed by atoms with E-state index in [9.17, 15) is 0 Å². The number of nitrogens with zero attached hydrogens (tertiary/aromatic N) is 2. The molecule has 3 rings (SSSR count). The minimum absolute atomic E-state index is 0.457. The highest BCUT2D eigenvalue weighted by molar-refractivity contribution is 5.37. The van der Waals surface area contributed by atoms with Crippen molar-refractivity contribution < 1.29 is 4.74 Å². The molecule has 0 amide bonds. The molecule has 1 aromatic heterocycles. The van der Waals surface area contributed by atoms with Crippen molar-refractivity contribution in [2.24, 2.45) is 0 Å². The molecule has 2 aromatic rings. The monoisotopic (exact) mass is 283 g/mol. The van der Waals surface area contributed by atoms with Gasteiger partial charge in [0.1, 0.15) is 18.2 Å². The van der Waals surface area contributed by atoms with Crippen molar-refractivity contribution in [3.05, 3.63) is 47.4 Å². The molecule has 0 saturated heterocycles. The van der Waals surface area contributed by atoms with E-state index in [2.05, 4.69) is 33.5 Å². The van der Waals surface area contributed by atoms with Crippen molar-refractivity contribution in [1.29, 1.82) is 0 Å². The van der Waals surface area contributed by atoms with Gasteiger partial charge >= 0.3 is 0 Å². The second kappa shape index (κ2) is 6.57.